The van der Waals surface area contributed by atoms with Crippen LogP contribution in [0.2, 0.25) is 0 Å². The van der Waals surface area contributed by atoms with Crippen molar-refractivity contribution < 1.29 is 13.9 Å². The number of ether oxygens (including phenoxy) is 1. The van der Waals surface area contributed by atoms with E-state index < -0.39 is 11.7 Å². The summed E-state index contributed by atoms with van der Waals surface area (Å²) in [7, 11) is 1.37. The summed E-state index contributed by atoms with van der Waals surface area (Å²) >= 11 is 0. The second-order valence-electron chi connectivity index (χ2n) is 4.79. The average Bonchev–Trinajstić information content (AvgIpc) is 2.27. The van der Waals surface area contributed by atoms with Crippen molar-refractivity contribution >= 4 is 17.3 Å². The van der Waals surface area contributed by atoms with Gasteiger partial charge in [-0.2, -0.15) is 0 Å². The number of primary amides is 1. The van der Waals surface area contributed by atoms with Crippen molar-refractivity contribution in [3.63, 3.8) is 0 Å². The zero-order chi connectivity index (χ0) is 14.6. The van der Waals surface area contributed by atoms with E-state index in [1.807, 2.05) is 13.8 Å². The molecule has 0 unspecified atom stereocenters. The van der Waals surface area contributed by atoms with E-state index in [4.69, 9.17) is 16.2 Å². The molecule has 0 fully saturated rings. The highest BCUT2D eigenvalue weighted by Crippen LogP contribution is 2.31. The van der Waals surface area contributed by atoms with E-state index in [1.165, 1.54) is 19.2 Å². The minimum Gasteiger partial charge on any atom is -0.494 e. The fraction of sp³-hybridized carbons (Fsp3) is 0.462. The predicted molar refractivity (Wildman–Crippen MR) is 73.6 cm³/mol. The molecule has 6 heteroatoms. The molecule has 0 aromatic heterocycles. The van der Waals surface area contributed by atoms with Gasteiger partial charge in [0.05, 0.1) is 25.0 Å². The Bertz CT molecular complexity index is 463. The van der Waals surface area contributed by atoms with E-state index in [9.17, 15) is 9.18 Å². The Labute approximate surface area is 112 Å². The number of benzene rings is 1. The molecule has 5 nitrogen and oxygen atoms in total. The first-order valence-corrected chi connectivity index (χ1v) is 6.01. The maximum absolute atomic E-state index is 13.5. The molecule has 0 heterocycles. The quantitative estimate of drug-likeness (QED) is 0.764. The van der Waals surface area contributed by atoms with Gasteiger partial charge in [0.25, 0.3) is 0 Å². The monoisotopic (exact) mass is 269 g/mol. The zero-order valence-electron chi connectivity index (χ0n) is 11.4. The number of carbonyl (C=O) groups excluding carboxylic acids is 1. The van der Waals surface area contributed by atoms with Crippen LogP contribution >= 0.6 is 0 Å². The Balaban J connectivity index is 3.16. The highest BCUT2D eigenvalue weighted by molar-refractivity contribution is 5.82. The molecule has 0 aliphatic rings. The number of carbonyl (C=O) groups is 1. The molecule has 0 atom stereocenters. The SMILES string of the molecule is COc1cc(N(CC(N)=O)CC(C)C)c(N)cc1F. The molecule has 0 aliphatic heterocycles. The Morgan fingerprint density at radius 2 is 2.11 bits per heavy atom. The molecule has 0 saturated heterocycles. The second kappa shape index (κ2) is 6.26. The molecule has 1 rings (SSSR count). The second-order valence-corrected chi connectivity index (χ2v) is 4.79. The Morgan fingerprint density at radius 3 is 2.58 bits per heavy atom. The maximum atomic E-state index is 13.5. The van der Waals surface area contributed by atoms with Crippen molar-refractivity contribution in [1.82, 2.24) is 0 Å². The number of nitrogen functional groups attached to an aromatic ring is 1. The van der Waals surface area contributed by atoms with Crippen molar-refractivity contribution in [2.24, 2.45) is 11.7 Å². The number of hydrogen-bond acceptors (Lipinski definition) is 4. The highest BCUT2D eigenvalue weighted by Gasteiger charge is 2.17. The van der Waals surface area contributed by atoms with Gasteiger partial charge < -0.3 is 21.1 Å². The summed E-state index contributed by atoms with van der Waals surface area (Å²) in [4.78, 5) is 12.9. The molecule has 0 radical (unpaired) electrons. The third-order valence-electron chi connectivity index (χ3n) is 2.57. The van der Waals surface area contributed by atoms with Gasteiger partial charge in [-0.1, -0.05) is 13.8 Å². The first-order chi connectivity index (χ1) is 8.85. The van der Waals surface area contributed by atoms with E-state index in [0.717, 1.165) is 0 Å². The smallest absolute Gasteiger partial charge is 0.236 e. The highest BCUT2D eigenvalue weighted by atomic mass is 19.1. The van der Waals surface area contributed by atoms with Gasteiger partial charge in [0.1, 0.15) is 0 Å². The third-order valence-corrected chi connectivity index (χ3v) is 2.57. The van der Waals surface area contributed by atoms with Crippen LogP contribution in [0.25, 0.3) is 0 Å². The molecule has 1 aromatic rings. The molecule has 1 aromatic carbocycles. The maximum Gasteiger partial charge on any atom is 0.236 e. The minimum absolute atomic E-state index is 0.0250. The number of anilines is 2. The van der Waals surface area contributed by atoms with Gasteiger partial charge in [0.15, 0.2) is 11.6 Å². The summed E-state index contributed by atoms with van der Waals surface area (Å²) in [5, 5.41) is 0. The molecule has 0 aliphatic carbocycles. The van der Waals surface area contributed by atoms with Gasteiger partial charge in [-0.05, 0) is 5.92 Å². The first-order valence-electron chi connectivity index (χ1n) is 6.01. The van der Waals surface area contributed by atoms with Crippen molar-refractivity contribution in [3.8, 4) is 5.75 Å². The van der Waals surface area contributed by atoms with E-state index in [1.54, 1.807) is 4.90 Å². The van der Waals surface area contributed by atoms with Crippen molar-refractivity contribution in [2.45, 2.75) is 13.8 Å². The van der Waals surface area contributed by atoms with Crippen LogP contribution in [0.15, 0.2) is 12.1 Å². The van der Waals surface area contributed by atoms with Crippen LogP contribution in [0.5, 0.6) is 5.75 Å². The van der Waals surface area contributed by atoms with Crippen molar-refractivity contribution in [3.05, 3.63) is 17.9 Å². The summed E-state index contributed by atoms with van der Waals surface area (Å²) in [6.07, 6.45) is 0. The molecule has 0 saturated carbocycles. The van der Waals surface area contributed by atoms with Crippen LogP contribution in [0.1, 0.15) is 13.8 Å². The lowest BCUT2D eigenvalue weighted by Gasteiger charge is -2.27. The van der Waals surface area contributed by atoms with Gasteiger partial charge in [-0.15, -0.1) is 0 Å². The summed E-state index contributed by atoms with van der Waals surface area (Å²) < 4.78 is 18.4. The summed E-state index contributed by atoms with van der Waals surface area (Å²) in [5.74, 6) is -0.618. The number of methoxy groups -OCH3 is 1. The zero-order valence-corrected chi connectivity index (χ0v) is 11.4. The van der Waals surface area contributed by atoms with Gasteiger partial charge in [0, 0.05) is 18.7 Å². The molecule has 19 heavy (non-hydrogen) atoms. The molecule has 0 spiro atoms. The van der Waals surface area contributed by atoms with Crippen molar-refractivity contribution in [1.29, 1.82) is 0 Å². The summed E-state index contributed by atoms with van der Waals surface area (Å²) in [6, 6.07) is 2.67. The summed E-state index contributed by atoms with van der Waals surface area (Å²) in [6.45, 7) is 4.62. The number of nitrogens with two attached hydrogens (primary N) is 2. The number of nitrogens with zero attached hydrogens (tertiary/aromatic N) is 1. The lowest BCUT2D eigenvalue weighted by molar-refractivity contribution is -0.116. The van der Waals surface area contributed by atoms with Gasteiger partial charge >= 0.3 is 0 Å². The number of rotatable bonds is 6. The van der Waals surface area contributed by atoms with E-state index >= 15 is 0 Å². The van der Waals surface area contributed by atoms with Crippen LogP contribution in [0, 0.1) is 11.7 Å². The first kappa shape index (κ1) is 15.1. The van der Waals surface area contributed by atoms with Crippen LogP contribution in [0.4, 0.5) is 15.8 Å². The third kappa shape index (κ3) is 4.01. The van der Waals surface area contributed by atoms with Crippen LogP contribution in [0.3, 0.4) is 0 Å². The fourth-order valence-corrected chi connectivity index (χ4v) is 1.87. The van der Waals surface area contributed by atoms with E-state index in [2.05, 4.69) is 0 Å². The molecule has 1 amide bonds. The topological polar surface area (TPSA) is 81.6 Å². The largest absolute Gasteiger partial charge is 0.494 e. The van der Waals surface area contributed by atoms with Gasteiger partial charge in [-0.3, -0.25) is 4.79 Å². The molecular weight excluding hydrogens is 249 g/mol. The number of hydrogen-bond donors (Lipinski definition) is 2. The summed E-state index contributed by atoms with van der Waals surface area (Å²) in [5.41, 5.74) is 11.8. The average molecular weight is 269 g/mol. The molecule has 0 bridgehead atoms. The van der Waals surface area contributed by atoms with Crippen LogP contribution in [-0.2, 0) is 4.79 Å². The molecule has 106 valence electrons. The lowest BCUT2D eigenvalue weighted by atomic mass is 10.1. The Kier molecular flexibility index (Phi) is 4.97. The number of halogens is 1. The van der Waals surface area contributed by atoms with Gasteiger partial charge in [-0.25, -0.2) is 4.39 Å². The Hall–Kier alpha value is -1.98. The lowest BCUT2D eigenvalue weighted by Crippen LogP contribution is -2.36. The van der Waals surface area contributed by atoms with E-state index in [-0.39, 0.29) is 18.0 Å². The fourth-order valence-electron chi connectivity index (χ4n) is 1.87. The van der Waals surface area contributed by atoms with E-state index in [0.29, 0.717) is 18.2 Å². The van der Waals surface area contributed by atoms with Gasteiger partial charge in [0.2, 0.25) is 5.91 Å². The molecular formula is C13H20FN3O2. The number of amides is 1. The standard InChI is InChI=1S/C13H20FN3O2/c1-8(2)6-17(7-13(16)18)11-5-12(19-3)9(14)4-10(11)15/h4-5,8H,6-7,15H2,1-3H3,(H2,16,18). The van der Waals surface area contributed by atoms with Crippen molar-refractivity contribution in [2.75, 3.05) is 30.8 Å². The normalized spacial score (nSPS) is 10.6. The van der Waals surface area contributed by atoms with Crippen LogP contribution < -0.4 is 21.1 Å². The molecule has 4 N–H and O–H groups in total. The Morgan fingerprint density at radius 1 is 1.47 bits per heavy atom. The minimum atomic E-state index is -0.535. The van der Waals surface area contributed by atoms with Crippen LogP contribution in [-0.4, -0.2) is 26.1 Å². The predicted octanol–water partition coefficient (Wildman–Crippen LogP) is 1.36.